The van der Waals surface area contributed by atoms with Crippen LogP contribution in [0.15, 0.2) is 16.5 Å². The molecule has 1 saturated heterocycles. The summed E-state index contributed by atoms with van der Waals surface area (Å²) in [4.78, 5) is 14.3. The fourth-order valence-electron chi connectivity index (χ4n) is 2.83. The Hall–Kier alpha value is -1.53. The fourth-order valence-corrected chi connectivity index (χ4v) is 2.83. The van der Waals surface area contributed by atoms with E-state index in [-0.39, 0.29) is 24.7 Å². The topological polar surface area (TPSA) is 77.7 Å². The van der Waals surface area contributed by atoms with Gasteiger partial charge in [0.05, 0.1) is 6.04 Å². The number of hydrogen-bond acceptors (Lipinski definition) is 4. The molecule has 124 valence electrons. The molecule has 6 nitrogen and oxygen atoms in total. The van der Waals surface area contributed by atoms with Crippen LogP contribution in [0.5, 0.6) is 0 Å². The van der Waals surface area contributed by atoms with Crippen LogP contribution >= 0.6 is 0 Å². The molecule has 22 heavy (non-hydrogen) atoms. The Morgan fingerprint density at radius 1 is 1.41 bits per heavy atom. The second kappa shape index (κ2) is 8.19. The Bertz CT molecular complexity index is 469. The van der Waals surface area contributed by atoms with E-state index in [4.69, 9.17) is 9.52 Å². The monoisotopic (exact) mass is 309 g/mol. The number of nitrogens with one attached hydrogen (secondary N) is 2. The molecule has 1 unspecified atom stereocenters. The van der Waals surface area contributed by atoms with Crippen molar-refractivity contribution in [1.29, 1.82) is 0 Å². The van der Waals surface area contributed by atoms with Crippen LogP contribution in [0.4, 0.5) is 4.79 Å². The number of amides is 2. The van der Waals surface area contributed by atoms with Crippen LogP contribution in [0.2, 0.25) is 0 Å². The van der Waals surface area contributed by atoms with E-state index in [1.54, 1.807) is 0 Å². The molecule has 2 atom stereocenters. The average Bonchev–Trinajstić information content (AvgIpc) is 3.11. The predicted octanol–water partition coefficient (Wildman–Crippen LogP) is 1.80. The minimum absolute atomic E-state index is 0.0407. The lowest BCUT2D eigenvalue weighted by Crippen LogP contribution is -2.44. The third-order valence-electron chi connectivity index (χ3n) is 4.07. The van der Waals surface area contributed by atoms with E-state index >= 15 is 0 Å². The maximum absolute atomic E-state index is 11.9. The molecule has 1 aromatic rings. The van der Waals surface area contributed by atoms with E-state index in [1.165, 1.54) is 12.8 Å². The number of aliphatic hydroxyl groups excluding tert-OH is 1. The molecule has 1 fully saturated rings. The molecular formula is C16H27N3O3. The lowest BCUT2D eigenvalue weighted by atomic mass is 10.2. The molecule has 2 heterocycles. The first-order valence-electron chi connectivity index (χ1n) is 8.05. The number of carbonyl (C=O) groups excluding carboxylic acids is 1. The first-order chi connectivity index (χ1) is 10.6. The molecule has 0 spiro atoms. The van der Waals surface area contributed by atoms with Gasteiger partial charge in [0, 0.05) is 19.2 Å². The minimum atomic E-state index is -0.201. The molecule has 0 saturated carbocycles. The van der Waals surface area contributed by atoms with Crippen molar-refractivity contribution in [3.63, 3.8) is 0 Å². The molecule has 0 radical (unpaired) electrons. The van der Waals surface area contributed by atoms with E-state index in [0.29, 0.717) is 13.0 Å². The quantitative estimate of drug-likeness (QED) is 0.717. The van der Waals surface area contributed by atoms with Gasteiger partial charge in [0.1, 0.15) is 11.5 Å². The predicted molar refractivity (Wildman–Crippen MR) is 84.7 cm³/mol. The number of aryl methyl sites for hydroxylation is 1. The summed E-state index contributed by atoms with van der Waals surface area (Å²) in [5, 5.41) is 14.6. The van der Waals surface area contributed by atoms with E-state index in [9.17, 15) is 4.79 Å². The third kappa shape index (κ3) is 4.74. The summed E-state index contributed by atoms with van der Waals surface area (Å²) in [6.45, 7) is 6.47. The lowest BCUT2D eigenvalue weighted by Gasteiger charge is -2.26. The smallest absolute Gasteiger partial charge is 0.315 e. The number of furan rings is 1. The summed E-state index contributed by atoms with van der Waals surface area (Å²) in [5.74, 6) is 1.79. The van der Waals surface area contributed by atoms with Crippen LogP contribution in [-0.4, -0.2) is 48.3 Å². The number of carbonyl (C=O) groups is 1. The van der Waals surface area contributed by atoms with Gasteiger partial charge in [-0.3, -0.25) is 4.90 Å². The number of aliphatic hydroxyl groups is 1. The first-order valence-corrected chi connectivity index (χ1v) is 8.05. The van der Waals surface area contributed by atoms with Gasteiger partial charge < -0.3 is 20.2 Å². The molecule has 1 aliphatic rings. The molecule has 3 N–H and O–H groups in total. The Morgan fingerprint density at radius 3 is 2.73 bits per heavy atom. The van der Waals surface area contributed by atoms with Crippen molar-refractivity contribution in [2.45, 2.75) is 45.2 Å². The SMILES string of the molecule is Cc1ccc(C(CNC(=O)N[C@H](C)CCO)N2CCCC2)o1. The van der Waals surface area contributed by atoms with Crippen LogP contribution in [-0.2, 0) is 0 Å². The van der Waals surface area contributed by atoms with Crippen LogP contribution in [0.3, 0.4) is 0 Å². The zero-order chi connectivity index (χ0) is 15.9. The van der Waals surface area contributed by atoms with Gasteiger partial charge >= 0.3 is 6.03 Å². The van der Waals surface area contributed by atoms with Gasteiger partial charge in [-0.2, -0.15) is 0 Å². The van der Waals surface area contributed by atoms with E-state index in [1.807, 2.05) is 26.0 Å². The molecule has 2 amide bonds. The average molecular weight is 309 g/mol. The van der Waals surface area contributed by atoms with Gasteiger partial charge in [0.2, 0.25) is 0 Å². The van der Waals surface area contributed by atoms with Gasteiger partial charge in [-0.25, -0.2) is 4.79 Å². The van der Waals surface area contributed by atoms with Crippen molar-refractivity contribution in [2.75, 3.05) is 26.2 Å². The molecule has 0 bridgehead atoms. The normalized spacial score (nSPS) is 18.1. The maximum Gasteiger partial charge on any atom is 0.315 e. The Balaban J connectivity index is 1.91. The Labute approximate surface area is 131 Å². The van der Waals surface area contributed by atoms with Crippen molar-refractivity contribution < 1.29 is 14.3 Å². The highest BCUT2D eigenvalue weighted by Gasteiger charge is 2.26. The van der Waals surface area contributed by atoms with Crippen molar-refractivity contribution in [1.82, 2.24) is 15.5 Å². The number of nitrogens with zero attached hydrogens (tertiary/aromatic N) is 1. The second-order valence-electron chi connectivity index (χ2n) is 5.97. The largest absolute Gasteiger partial charge is 0.465 e. The maximum atomic E-state index is 11.9. The summed E-state index contributed by atoms with van der Waals surface area (Å²) in [6.07, 6.45) is 2.94. The van der Waals surface area contributed by atoms with Crippen molar-refractivity contribution >= 4 is 6.03 Å². The summed E-state index contributed by atoms with van der Waals surface area (Å²) in [6, 6.07) is 3.79. The highest BCUT2D eigenvalue weighted by molar-refractivity contribution is 5.74. The zero-order valence-corrected chi connectivity index (χ0v) is 13.5. The van der Waals surface area contributed by atoms with Crippen LogP contribution < -0.4 is 10.6 Å². The summed E-state index contributed by atoms with van der Waals surface area (Å²) in [7, 11) is 0. The third-order valence-corrected chi connectivity index (χ3v) is 4.07. The number of urea groups is 1. The molecule has 6 heteroatoms. The van der Waals surface area contributed by atoms with Gasteiger partial charge in [-0.1, -0.05) is 0 Å². The summed E-state index contributed by atoms with van der Waals surface area (Å²) < 4.78 is 5.76. The standard InChI is InChI=1S/C16H27N3O3/c1-12(7-10-20)18-16(21)17-11-14(19-8-3-4-9-19)15-6-5-13(2)22-15/h5-6,12,14,20H,3-4,7-11H2,1-2H3,(H2,17,18,21)/t12-,14?/m1/s1. The Morgan fingerprint density at radius 2 is 2.14 bits per heavy atom. The number of hydrogen-bond donors (Lipinski definition) is 3. The second-order valence-corrected chi connectivity index (χ2v) is 5.97. The van der Waals surface area contributed by atoms with Gasteiger partial charge in [-0.05, 0) is 58.3 Å². The lowest BCUT2D eigenvalue weighted by molar-refractivity contribution is 0.200. The number of likely N-dealkylation sites (tertiary alicyclic amines) is 1. The zero-order valence-electron chi connectivity index (χ0n) is 13.5. The molecule has 0 aliphatic carbocycles. The fraction of sp³-hybridized carbons (Fsp3) is 0.688. The minimum Gasteiger partial charge on any atom is -0.465 e. The molecule has 2 rings (SSSR count). The van der Waals surface area contributed by atoms with Crippen LogP contribution in [0, 0.1) is 6.92 Å². The van der Waals surface area contributed by atoms with E-state index in [0.717, 1.165) is 24.6 Å². The van der Waals surface area contributed by atoms with Crippen LogP contribution in [0.1, 0.15) is 43.7 Å². The van der Waals surface area contributed by atoms with E-state index in [2.05, 4.69) is 15.5 Å². The van der Waals surface area contributed by atoms with Crippen molar-refractivity contribution in [3.05, 3.63) is 23.7 Å². The highest BCUT2D eigenvalue weighted by Crippen LogP contribution is 2.26. The molecule has 1 aromatic heterocycles. The van der Waals surface area contributed by atoms with Crippen LogP contribution in [0.25, 0.3) is 0 Å². The molecule has 1 aliphatic heterocycles. The van der Waals surface area contributed by atoms with Gasteiger partial charge in [-0.15, -0.1) is 0 Å². The Kier molecular flexibility index (Phi) is 6.27. The number of rotatable bonds is 7. The molecular weight excluding hydrogens is 282 g/mol. The first kappa shape index (κ1) is 16.8. The summed E-state index contributed by atoms with van der Waals surface area (Å²) in [5.41, 5.74) is 0. The summed E-state index contributed by atoms with van der Waals surface area (Å²) >= 11 is 0. The van der Waals surface area contributed by atoms with Crippen molar-refractivity contribution in [2.24, 2.45) is 0 Å². The van der Waals surface area contributed by atoms with Crippen molar-refractivity contribution in [3.8, 4) is 0 Å². The van der Waals surface area contributed by atoms with E-state index < -0.39 is 0 Å². The van der Waals surface area contributed by atoms with Gasteiger partial charge in [0.25, 0.3) is 0 Å². The van der Waals surface area contributed by atoms with Gasteiger partial charge in [0.15, 0.2) is 0 Å². The highest BCUT2D eigenvalue weighted by atomic mass is 16.3. The molecule has 0 aromatic carbocycles.